The highest BCUT2D eigenvalue weighted by Crippen LogP contribution is 2.39. The van der Waals surface area contributed by atoms with Gasteiger partial charge < -0.3 is 14.6 Å². The Hall–Kier alpha value is -3.80. The van der Waals surface area contributed by atoms with Crippen LogP contribution < -0.4 is 15.0 Å². The fourth-order valence-corrected chi connectivity index (χ4v) is 3.72. The number of hydrogen-bond donors (Lipinski definition) is 1. The second kappa shape index (κ2) is 11.8. The van der Waals surface area contributed by atoms with E-state index in [9.17, 15) is 19.7 Å². The second-order valence-corrected chi connectivity index (χ2v) is 8.73. The van der Waals surface area contributed by atoms with E-state index in [1.165, 1.54) is 29.9 Å². The van der Waals surface area contributed by atoms with Gasteiger partial charge in [-0.2, -0.15) is 9.78 Å². The van der Waals surface area contributed by atoms with E-state index in [2.05, 4.69) is 26.0 Å². The van der Waals surface area contributed by atoms with Crippen molar-refractivity contribution in [2.75, 3.05) is 6.61 Å². The third-order valence-electron chi connectivity index (χ3n) is 5.15. The predicted molar refractivity (Wildman–Crippen MR) is 137 cm³/mol. The molecular weight excluding hydrogens is 536 g/mol. The number of aromatic nitrogens is 2. The summed E-state index contributed by atoms with van der Waals surface area (Å²) in [5, 5.41) is 25.6. The van der Waals surface area contributed by atoms with Crippen LogP contribution in [0.25, 0.3) is 10.9 Å². The van der Waals surface area contributed by atoms with E-state index in [1.54, 1.807) is 25.1 Å². The van der Waals surface area contributed by atoms with Crippen molar-refractivity contribution in [2.24, 2.45) is 5.10 Å². The highest BCUT2D eigenvalue weighted by Gasteiger charge is 2.26. The average molecular weight is 561 g/mol. The summed E-state index contributed by atoms with van der Waals surface area (Å²) in [7, 11) is 0. The highest BCUT2D eigenvalue weighted by atomic mass is 79.9. The molecule has 0 radical (unpaired) electrons. The van der Waals surface area contributed by atoms with Crippen molar-refractivity contribution < 1.29 is 24.3 Å². The van der Waals surface area contributed by atoms with Gasteiger partial charge in [0.05, 0.1) is 28.6 Å². The van der Waals surface area contributed by atoms with Gasteiger partial charge in [0.25, 0.3) is 5.56 Å². The van der Waals surface area contributed by atoms with Crippen LogP contribution in [0.4, 0.5) is 5.69 Å². The summed E-state index contributed by atoms with van der Waals surface area (Å²) in [6.45, 7) is 5.11. The fourth-order valence-electron chi connectivity index (χ4n) is 3.36. The number of ether oxygens (including phenoxy) is 2. The van der Waals surface area contributed by atoms with Crippen molar-refractivity contribution in [3.8, 4) is 11.5 Å². The number of carbonyl (C=O) groups is 1. The van der Waals surface area contributed by atoms with Gasteiger partial charge in [-0.3, -0.25) is 14.9 Å². The smallest absolute Gasteiger partial charge is 0.344 e. The maximum atomic E-state index is 13.2. The summed E-state index contributed by atoms with van der Waals surface area (Å²) >= 11 is 3.36. The zero-order chi connectivity index (χ0) is 26.4. The zero-order valence-corrected chi connectivity index (χ0v) is 21.5. The van der Waals surface area contributed by atoms with Crippen LogP contribution in [0.15, 0.2) is 44.7 Å². The Bertz CT molecular complexity index is 1390. The van der Waals surface area contributed by atoms with Gasteiger partial charge in [0.15, 0.2) is 11.9 Å². The summed E-state index contributed by atoms with van der Waals surface area (Å²) in [5.41, 5.74) is -0.0692. The van der Waals surface area contributed by atoms with Crippen LogP contribution in [0, 0.1) is 10.1 Å². The number of nitrogens with zero attached hydrogens (tertiary/aromatic N) is 4. The second-order valence-electron chi connectivity index (χ2n) is 7.81. The molecule has 36 heavy (non-hydrogen) atoms. The number of fused-ring (bicyclic) bond motifs is 1. The van der Waals surface area contributed by atoms with E-state index in [-0.39, 0.29) is 29.2 Å². The van der Waals surface area contributed by atoms with Gasteiger partial charge in [-0.25, -0.2) is 9.78 Å². The summed E-state index contributed by atoms with van der Waals surface area (Å²) in [5.74, 6) is -1.14. The van der Waals surface area contributed by atoms with Crippen LogP contribution >= 0.6 is 15.9 Å². The minimum Gasteiger partial charge on any atom is -0.490 e. The monoisotopic (exact) mass is 560 g/mol. The maximum absolute atomic E-state index is 13.2. The number of carboxylic acid groups (broad SMARTS) is 1. The molecule has 0 aliphatic rings. The van der Waals surface area contributed by atoms with Gasteiger partial charge in [0.2, 0.25) is 5.75 Å². The van der Waals surface area contributed by atoms with Gasteiger partial charge in [-0.15, -0.1) is 0 Å². The molecule has 0 saturated heterocycles. The van der Waals surface area contributed by atoms with E-state index in [0.29, 0.717) is 27.6 Å². The molecule has 0 unspecified atom stereocenters. The van der Waals surface area contributed by atoms with Crippen molar-refractivity contribution in [3.63, 3.8) is 0 Å². The number of aryl methyl sites for hydroxylation is 1. The SMILES string of the molecule is CCCCc1nc2ccc(Br)cc2c(=O)n1N=Cc1cc(OCC)c(O[C@@H](C)C(=O)O)c([N+](=O)[O-])c1. The molecule has 0 aliphatic carbocycles. The van der Waals surface area contributed by atoms with Crippen molar-refractivity contribution in [1.29, 1.82) is 0 Å². The third kappa shape index (κ3) is 6.06. The molecule has 1 N–H and O–H groups in total. The number of hydrogen-bond acceptors (Lipinski definition) is 8. The van der Waals surface area contributed by atoms with Crippen LogP contribution in [0.2, 0.25) is 0 Å². The molecular formula is C24H25BrN4O7. The van der Waals surface area contributed by atoms with E-state index < -0.39 is 22.7 Å². The molecule has 1 atom stereocenters. The van der Waals surface area contributed by atoms with Crippen LogP contribution in [0.3, 0.4) is 0 Å². The molecule has 1 aromatic heterocycles. The number of nitro groups is 1. The lowest BCUT2D eigenvalue weighted by Gasteiger charge is -2.15. The molecule has 3 aromatic rings. The van der Waals surface area contributed by atoms with Gasteiger partial charge in [-0.1, -0.05) is 29.3 Å². The standard InChI is InChI=1S/C24H25BrN4O7/c1-4-6-7-21-27-18-9-8-16(25)12-17(18)23(30)28(21)26-13-15-10-19(29(33)34)22(20(11-15)35-5-2)36-14(3)24(31)32/h8-14H,4-7H2,1-3H3,(H,31,32)/t14-/m0/s1. The van der Waals surface area contributed by atoms with E-state index >= 15 is 0 Å². The Morgan fingerprint density at radius 3 is 2.72 bits per heavy atom. The number of rotatable bonds is 11. The summed E-state index contributed by atoms with van der Waals surface area (Å²) < 4.78 is 12.7. The molecule has 12 heteroatoms. The molecule has 3 rings (SSSR count). The first-order chi connectivity index (χ1) is 17.2. The number of aliphatic carboxylic acids is 1. The third-order valence-corrected chi connectivity index (χ3v) is 5.64. The molecule has 0 bridgehead atoms. The van der Waals surface area contributed by atoms with Crippen molar-refractivity contribution in [2.45, 2.75) is 46.1 Å². The molecule has 11 nitrogen and oxygen atoms in total. The fraction of sp³-hybridized carbons (Fsp3) is 0.333. The van der Waals surface area contributed by atoms with Crippen LogP contribution in [-0.4, -0.2) is 44.6 Å². The Morgan fingerprint density at radius 2 is 2.08 bits per heavy atom. The normalized spacial score (nSPS) is 12.1. The minimum absolute atomic E-state index is 0.0135. The first-order valence-corrected chi connectivity index (χ1v) is 12.1. The van der Waals surface area contributed by atoms with Gasteiger partial charge >= 0.3 is 11.7 Å². The van der Waals surface area contributed by atoms with Gasteiger partial charge in [-0.05, 0) is 44.5 Å². The minimum atomic E-state index is -1.34. The van der Waals surface area contributed by atoms with E-state index in [0.717, 1.165) is 12.8 Å². The van der Waals surface area contributed by atoms with Gasteiger partial charge in [0.1, 0.15) is 5.82 Å². The molecule has 0 fully saturated rings. The van der Waals surface area contributed by atoms with Crippen LogP contribution in [0.5, 0.6) is 11.5 Å². The van der Waals surface area contributed by atoms with Crippen LogP contribution in [0.1, 0.15) is 45.0 Å². The number of carboxylic acids is 1. The predicted octanol–water partition coefficient (Wildman–Crippen LogP) is 4.54. The molecule has 0 spiro atoms. The Morgan fingerprint density at radius 1 is 1.33 bits per heavy atom. The number of unbranched alkanes of at least 4 members (excludes halogenated alkanes) is 1. The van der Waals surface area contributed by atoms with Crippen LogP contribution in [-0.2, 0) is 11.2 Å². The molecule has 1 heterocycles. The molecule has 0 saturated carbocycles. The maximum Gasteiger partial charge on any atom is 0.344 e. The Kier molecular flexibility index (Phi) is 8.75. The molecule has 0 aliphatic heterocycles. The Labute approximate surface area is 214 Å². The Balaban J connectivity index is 2.15. The lowest BCUT2D eigenvalue weighted by Crippen LogP contribution is -2.24. The lowest BCUT2D eigenvalue weighted by molar-refractivity contribution is -0.386. The van der Waals surface area contributed by atoms with E-state index in [4.69, 9.17) is 14.6 Å². The summed E-state index contributed by atoms with van der Waals surface area (Å²) in [6.07, 6.45) is 2.14. The summed E-state index contributed by atoms with van der Waals surface area (Å²) in [4.78, 5) is 40.2. The summed E-state index contributed by atoms with van der Waals surface area (Å²) in [6, 6.07) is 7.83. The van der Waals surface area contributed by atoms with Gasteiger partial charge in [0, 0.05) is 22.5 Å². The molecule has 190 valence electrons. The zero-order valence-electron chi connectivity index (χ0n) is 19.9. The largest absolute Gasteiger partial charge is 0.490 e. The quantitative estimate of drug-likeness (QED) is 0.204. The number of benzene rings is 2. The first-order valence-electron chi connectivity index (χ1n) is 11.3. The van der Waals surface area contributed by atoms with E-state index in [1.807, 2.05) is 6.92 Å². The highest BCUT2D eigenvalue weighted by molar-refractivity contribution is 9.10. The lowest BCUT2D eigenvalue weighted by atomic mass is 10.1. The van der Waals surface area contributed by atoms with Crippen molar-refractivity contribution in [1.82, 2.24) is 9.66 Å². The molecule has 0 amide bonds. The van der Waals surface area contributed by atoms with Crippen molar-refractivity contribution >= 4 is 44.7 Å². The first kappa shape index (κ1) is 26.8. The molecule has 2 aromatic carbocycles. The average Bonchev–Trinajstić information content (AvgIpc) is 2.83. The topological polar surface area (TPSA) is 146 Å². The van der Waals surface area contributed by atoms with Crippen molar-refractivity contribution in [3.05, 3.63) is 66.7 Å². The number of halogens is 1. The number of nitro benzene ring substituents is 1.